The molecule has 0 aliphatic rings. The van der Waals surface area contributed by atoms with E-state index in [9.17, 15) is 5.11 Å². The highest BCUT2D eigenvalue weighted by molar-refractivity contribution is 6.31. The summed E-state index contributed by atoms with van der Waals surface area (Å²) in [6.07, 6.45) is 0.415. The highest BCUT2D eigenvalue weighted by Gasteiger charge is 2.24. The van der Waals surface area contributed by atoms with E-state index < -0.39 is 0 Å². The highest BCUT2D eigenvalue weighted by Crippen LogP contribution is 2.33. The Morgan fingerprint density at radius 2 is 1.93 bits per heavy atom. The average molecular weight is 213 g/mol. The summed E-state index contributed by atoms with van der Waals surface area (Å²) in [6, 6.07) is 7.81. The standard InChI is InChI=1S/C12H17ClO/c1-9(14)8-12(2,3)10-6-4-5-7-11(10)13/h4-7,9,14H,8H2,1-3H3. The van der Waals surface area contributed by atoms with Gasteiger partial charge in [0, 0.05) is 5.02 Å². The predicted octanol–water partition coefficient (Wildman–Crippen LogP) is 3.39. The first kappa shape index (κ1) is 11.5. The normalized spacial score (nSPS) is 14.1. The summed E-state index contributed by atoms with van der Waals surface area (Å²) >= 11 is 6.11. The average Bonchev–Trinajstić information content (AvgIpc) is 2.02. The molecule has 78 valence electrons. The van der Waals surface area contributed by atoms with Gasteiger partial charge in [0.25, 0.3) is 0 Å². The van der Waals surface area contributed by atoms with Crippen molar-refractivity contribution in [2.75, 3.05) is 0 Å². The van der Waals surface area contributed by atoms with Crippen LogP contribution in [0.5, 0.6) is 0 Å². The van der Waals surface area contributed by atoms with Crippen LogP contribution >= 0.6 is 11.6 Å². The fraction of sp³-hybridized carbons (Fsp3) is 0.500. The third-order valence-electron chi connectivity index (χ3n) is 2.41. The second kappa shape index (κ2) is 4.33. The van der Waals surface area contributed by atoms with Crippen molar-refractivity contribution in [3.8, 4) is 0 Å². The molecule has 1 nitrogen and oxygen atoms in total. The van der Waals surface area contributed by atoms with Crippen molar-refractivity contribution < 1.29 is 5.11 Å². The topological polar surface area (TPSA) is 20.2 Å². The summed E-state index contributed by atoms with van der Waals surface area (Å²) < 4.78 is 0. The molecule has 0 radical (unpaired) electrons. The Bertz CT molecular complexity index is 305. The molecule has 0 saturated heterocycles. The molecule has 0 spiro atoms. The summed E-state index contributed by atoms with van der Waals surface area (Å²) in [5.41, 5.74) is 1.02. The fourth-order valence-electron chi connectivity index (χ4n) is 1.86. The van der Waals surface area contributed by atoms with Crippen molar-refractivity contribution in [2.45, 2.75) is 38.7 Å². The fourth-order valence-corrected chi connectivity index (χ4v) is 2.25. The first-order chi connectivity index (χ1) is 6.43. The number of hydrogen-bond acceptors (Lipinski definition) is 1. The number of hydrogen-bond donors (Lipinski definition) is 1. The molecule has 0 fully saturated rings. The number of aliphatic hydroxyl groups excluding tert-OH is 1. The molecular weight excluding hydrogens is 196 g/mol. The molecule has 0 bridgehead atoms. The van der Waals surface area contributed by atoms with Gasteiger partial charge in [-0.25, -0.2) is 0 Å². The summed E-state index contributed by atoms with van der Waals surface area (Å²) in [4.78, 5) is 0. The zero-order valence-corrected chi connectivity index (χ0v) is 9.67. The molecule has 0 aliphatic heterocycles. The van der Waals surface area contributed by atoms with Gasteiger partial charge in [0.05, 0.1) is 6.10 Å². The van der Waals surface area contributed by atoms with E-state index in [0.717, 1.165) is 17.0 Å². The van der Waals surface area contributed by atoms with E-state index in [1.165, 1.54) is 0 Å². The van der Waals surface area contributed by atoms with Crippen LogP contribution in [0.15, 0.2) is 24.3 Å². The van der Waals surface area contributed by atoms with Crippen LogP contribution in [-0.4, -0.2) is 11.2 Å². The van der Waals surface area contributed by atoms with Gasteiger partial charge in [-0.15, -0.1) is 0 Å². The maximum Gasteiger partial charge on any atom is 0.0520 e. The molecule has 2 heteroatoms. The molecule has 0 aromatic heterocycles. The van der Waals surface area contributed by atoms with Gasteiger partial charge in [-0.1, -0.05) is 43.6 Å². The van der Waals surface area contributed by atoms with Gasteiger partial charge < -0.3 is 5.11 Å². The minimum atomic E-state index is -0.304. The maximum atomic E-state index is 9.40. The lowest BCUT2D eigenvalue weighted by atomic mass is 9.80. The molecule has 0 aliphatic carbocycles. The van der Waals surface area contributed by atoms with Crippen LogP contribution in [0.4, 0.5) is 0 Å². The van der Waals surface area contributed by atoms with Crippen LogP contribution in [-0.2, 0) is 5.41 Å². The Morgan fingerprint density at radius 3 is 2.43 bits per heavy atom. The van der Waals surface area contributed by atoms with Gasteiger partial charge in [-0.3, -0.25) is 0 Å². The SMILES string of the molecule is CC(O)CC(C)(C)c1ccccc1Cl. The van der Waals surface area contributed by atoms with Crippen LogP contribution in [0.1, 0.15) is 32.8 Å². The van der Waals surface area contributed by atoms with E-state index in [4.69, 9.17) is 11.6 Å². The summed E-state index contributed by atoms with van der Waals surface area (Å²) in [5.74, 6) is 0. The maximum absolute atomic E-state index is 9.40. The number of halogens is 1. The van der Waals surface area contributed by atoms with E-state index in [1.807, 2.05) is 24.3 Å². The van der Waals surface area contributed by atoms with E-state index in [0.29, 0.717) is 0 Å². The summed E-state index contributed by atoms with van der Waals surface area (Å²) in [7, 11) is 0. The molecule has 14 heavy (non-hydrogen) atoms. The van der Waals surface area contributed by atoms with Crippen molar-refractivity contribution in [3.63, 3.8) is 0 Å². The zero-order valence-electron chi connectivity index (χ0n) is 8.92. The van der Waals surface area contributed by atoms with Gasteiger partial charge >= 0.3 is 0 Å². The molecule has 1 aromatic carbocycles. The van der Waals surface area contributed by atoms with Crippen LogP contribution < -0.4 is 0 Å². The molecular formula is C12H17ClO. The van der Waals surface area contributed by atoms with E-state index in [2.05, 4.69) is 13.8 Å². The van der Waals surface area contributed by atoms with Crippen molar-refractivity contribution in [2.24, 2.45) is 0 Å². The molecule has 0 heterocycles. The third-order valence-corrected chi connectivity index (χ3v) is 2.74. The lowest BCUT2D eigenvalue weighted by Crippen LogP contribution is -2.23. The lowest BCUT2D eigenvalue weighted by Gasteiger charge is -2.27. The lowest BCUT2D eigenvalue weighted by molar-refractivity contribution is 0.157. The van der Waals surface area contributed by atoms with Crippen molar-refractivity contribution in [1.29, 1.82) is 0 Å². The molecule has 1 unspecified atom stereocenters. The van der Waals surface area contributed by atoms with Crippen molar-refractivity contribution in [3.05, 3.63) is 34.9 Å². The molecule has 1 aromatic rings. The molecule has 0 saturated carbocycles. The first-order valence-electron chi connectivity index (χ1n) is 4.86. The summed E-state index contributed by atoms with van der Waals surface area (Å²) in [6.45, 7) is 6.00. The minimum absolute atomic E-state index is 0.0769. The summed E-state index contributed by atoms with van der Waals surface area (Å²) in [5, 5.41) is 10.2. The smallest absolute Gasteiger partial charge is 0.0520 e. The van der Waals surface area contributed by atoms with Gasteiger partial charge in [-0.05, 0) is 30.4 Å². The van der Waals surface area contributed by atoms with Crippen molar-refractivity contribution >= 4 is 11.6 Å². The van der Waals surface area contributed by atoms with E-state index in [-0.39, 0.29) is 11.5 Å². The minimum Gasteiger partial charge on any atom is -0.393 e. The third kappa shape index (κ3) is 2.73. The number of aliphatic hydroxyl groups is 1. The Morgan fingerprint density at radius 1 is 1.36 bits per heavy atom. The van der Waals surface area contributed by atoms with Gasteiger partial charge in [0.1, 0.15) is 0 Å². The van der Waals surface area contributed by atoms with Crippen LogP contribution in [0.3, 0.4) is 0 Å². The number of rotatable bonds is 3. The van der Waals surface area contributed by atoms with Crippen LogP contribution in [0, 0.1) is 0 Å². The second-order valence-corrected chi connectivity index (χ2v) is 4.82. The van der Waals surface area contributed by atoms with Crippen LogP contribution in [0.25, 0.3) is 0 Å². The van der Waals surface area contributed by atoms with Gasteiger partial charge in [0.2, 0.25) is 0 Å². The molecule has 1 N–H and O–H groups in total. The Labute approximate surface area is 90.7 Å². The Hall–Kier alpha value is -0.530. The van der Waals surface area contributed by atoms with Gasteiger partial charge in [0.15, 0.2) is 0 Å². The van der Waals surface area contributed by atoms with Gasteiger partial charge in [-0.2, -0.15) is 0 Å². The molecule has 1 atom stereocenters. The first-order valence-corrected chi connectivity index (χ1v) is 5.24. The highest BCUT2D eigenvalue weighted by atomic mass is 35.5. The number of benzene rings is 1. The quantitative estimate of drug-likeness (QED) is 0.815. The monoisotopic (exact) mass is 212 g/mol. The van der Waals surface area contributed by atoms with Crippen LogP contribution in [0.2, 0.25) is 5.02 Å². The van der Waals surface area contributed by atoms with E-state index in [1.54, 1.807) is 6.92 Å². The van der Waals surface area contributed by atoms with Crippen molar-refractivity contribution in [1.82, 2.24) is 0 Å². The Kier molecular flexibility index (Phi) is 3.57. The molecule has 0 amide bonds. The largest absolute Gasteiger partial charge is 0.393 e. The zero-order chi connectivity index (χ0) is 10.8. The predicted molar refractivity (Wildman–Crippen MR) is 60.8 cm³/mol. The second-order valence-electron chi connectivity index (χ2n) is 4.42. The molecule has 1 rings (SSSR count). The Balaban J connectivity index is 2.97. The van der Waals surface area contributed by atoms with E-state index >= 15 is 0 Å².